The molecule has 2 aromatic rings. The zero-order chi connectivity index (χ0) is 23.5. The second-order valence-electron chi connectivity index (χ2n) is 8.24. The Morgan fingerprint density at radius 3 is 2.25 bits per heavy atom. The summed E-state index contributed by atoms with van der Waals surface area (Å²) in [5, 5.41) is 2.98. The van der Waals surface area contributed by atoms with Gasteiger partial charge in [-0.1, -0.05) is 18.2 Å². The van der Waals surface area contributed by atoms with Crippen LogP contribution in [0.5, 0.6) is 11.5 Å². The van der Waals surface area contributed by atoms with Gasteiger partial charge in [-0.15, -0.1) is 0 Å². The lowest BCUT2D eigenvalue weighted by Crippen LogP contribution is -2.48. The number of anilines is 1. The number of benzene rings is 2. The number of amides is 1. The van der Waals surface area contributed by atoms with Crippen LogP contribution in [0.3, 0.4) is 0 Å². The predicted octanol–water partition coefficient (Wildman–Crippen LogP) is 3.61. The molecule has 2 atom stereocenters. The molecule has 0 fully saturated rings. The summed E-state index contributed by atoms with van der Waals surface area (Å²) in [5.41, 5.74) is 4.06. The van der Waals surface area contributed by atoms with Crippen LogP contribution in [0, 0.1) is 0 Å². The molecule has 3 rings (SSSR count). The lowest BCUT2D eigenvalue weighted by Gasteiger charge is -2.30. The lowest BCUT2D eigenvalue weighted by molar-refractivity contribution is -0.122. The van der Waals surface area contributed by atoms with Crippen molar-refractivity contribution in [3.05, 3.63) is 53.1 Å². The van der Waals surface area contributed by atoms with Crippen LogP contribution in [0.2, 0.25) is 0 Å². The Morgan fingerprint density at radius 2 is 1.62 bits per heavy atom. The van der Waals surface area contributed by atoms with Gasteiger partial charge in [0.1, 0.15) is 6.04 Å². The second kappa shape index (κ2) is 9.81. The van der Waals surface area contributed by atoms with E-state index in [9.17, 15) is 13.2 Å². The van der Waals surface area contributed by atoms with Gasteiger partial charge in [-0.3, -0.25) is 9.10 Å². The highest BCUT2D eigenvalue weighted by Gasteiger charge is 2.30. The Labute approximate surface area is 190 Å². The van der Waals surface area contributed by atoms with E-state index < -0.39 is 16.1 Å². The van der Waals surface area contributed by atoms with Crippen LogP contribution < -0.4 is 19.1 Å². The van der Waals surface area contributed by atoms with Gasteiger partial charge in [0.15, 0.2) is 11.5 Å². The van der Waals surface area contributed by atoms with E-state index in [1.807, 2.05) is 13.0 Å². The first-order valence-electron chi connectivity index (χ1n) is 10.8. The number of aryl methyl sites for hydroxylation is 2. The lowest BCUT2D eigenvalue weighted by atomic mass is 9.89. The van der Waals surface area contributed by atoms with Gasteiger partial charge in [-0.2, -0.15) is 0 Å². The number of hydrogen-bond acceptors (Lipinski definition) is 5. The molecule has 0 bridgehead atoms. The van der Waals surface area contributed by atoms with Gasteiger partial charge in [-0.25, -0.2) is 8.42 Å². The molecule has 0 radical (unpaired) electrons. The van der Waals surface area contributed by atoms with Gasteiger partial charge in [0.25, 0.3) is 0 Å². The SMILES string of the molecule is COc1ccc(N([C@H](C)C(=O)N[C@H](C)c2ccc3c(c2)CCCC3)S(C)(=O)=O)cc1OC. The third kappa shape index (κ3) is 5.18. The topological polar surface area (TPSA) is 84.9 Å². The Bertz CT molecular complexity index is 1080. The molecule has 0 spiro atoms. The minimum Gasteiger partial charge on any atom is -0.493 e. The van der Waals surface area contributed by atoms with Gasteiger partial charge in [0, 0.05) is 6.07 Å². The van der Waals surface area contributed by atoms with Crippen LogP contribution in [0.4, 0.5) is 5.69 Å². The number of nitrogens with zero attached hydrogens (tertiary/aromatic N) is 1. The minimum absolute atomic E-state index is 0.246. The van der Waals surface area contributed by atoms with Gasteiger partial charge in [-0.05, 0) is 68.4 Å². The molecule has 0 heterocycles. The summed E-state index contributed by atoms with van der Waals surface area (Å²) in [6.07, 6.45) is 5.64. The van der Waals surface area contributed by atoms with Crippen molar-refractivity contribution in [2.24, 2.45) is 0 Å². The van der Waals surface area contributed by atoms with Crippen molar-refractivity contribution in [1.82, 2.24) is 5.32 Å². The maximum atomic E-state index is 13.1. The number of nitrogens with one attached hydrogen (secondary N) is 1. The van der Waals surface area contributed by atoms with E-state index in [4.69, 9.17) is 9.47 Å². The molecule has 0 unspecified atom stereocenters. The molecular formula is C24H32N2O5S. The summed E-state index contributed by atoms with van der Waals surface area (Å²) in [7, 11) is -0.764. The molecule has 1 aliphatic rings. The highest BCUT2D eigenvalue weighted by Crippen LogP contribution is 2.33. The molecule has 32 heavy (non-hydrogen) atoms. The molecule has 1 amide bonds. The fourth-order valence-electron chi connectivity index (χ4n) is 4.21. The molecule has 2 aromatic carbocycles. The molecule has 7 nitrogen and oxygen atoms in total. The average molecular weight is 461 g/mol. The number of ether oxygens (including phenoxy) is 2. The van der Waals surface area contributed by atoms with Crippen molar-refractivity contribution >= 4 is 21.6 Å². The fourth-order valence-corrected chi connectivity index (χ4v) is 5.38. The van der Waals surface area contributed by atoms with E-state index in [2.05, 4.69) is 17.4 Å². The molecule has 0 saturated heterocycles. The summed E-state index contributed by atoms with van der Waals surface area (Å²) in [6, 6.07) is 9.91. The predicted molar refractivity (Wildman–Crippen MR) is 126 cm³/mol. The van der Waals surface area contributed by atoms with Crippen LogP contribution in [0.1, 0.15) is 49.4 Å². The summed E-state index contributed by atoms with van der Waals surface area (Å²) < 4.78 is 36.9. The van der Waals surface area contributed by atoms with Gasteiger partial charge >= 0.3 is 0 Å². The normalized spacial score (nSPS) is 15.3. The summed E-state index contributed by atoms with van der Waals surface area (Å²) in [4.78, 5) is 13.1. The molecule has 8 heteroatoms. The summed E-state index contributed by atoms with van der Waals surface area (Å²) in [6.45, 7) is 3.49. The van der Waals surface area contributed by atoms with E-state index in [0.29, 0.717) is 17.2 Å². The van der Waals surface area contributed by atoms with Crippen LogP contribution >= 0.6 is 0 Å². The van der Waals surface area contributed by atoms with Gasteiger partial charge in [0.2, 0.25) is 15.9 Å². The first-order valence-corrected chi connectivity index (χ1v) is 12.6. The quantitative estimate of drug-likeness (QED) is 0.650. The van der Waals surface area contributed by atoms with Gasteiger partial charge in [0.05, 0.1) is 32.2 Å². The Hall–Kier alpha value is -2.74. The van der Waals surface area contributed by atoms with Crippen molar-refractivity contribution in [2.75, 3.05) is 24.8 Å². The summed E-state index contributed by atoms with van der Waals surface area (Å²) in [5.74, 6) is 0.479. The van der Waals surface area contributed by atoms with Crippen LogP contribution in [0.15, 0.2) is 36.4 Å². The van der Waals surface area contributed by atoms with E-state index in [1.165, 1.54) is 38.2 Å². The number of fused-ring (bicyclic) bond motifs is 1. The van der Waals surface area contributed by atoms with E-state index >= 15 is 0 Å². The molecule has 174 valence electrons. The number of methoxy groups -OCH3 is 2. The third-order valence-corrected chi connectivity index (χ3v) is 7.18. The third-order valence-electron chi connectivity index (χ3n) is 5.94. The molecular weight excluding hydrogens is 428 g/mol. The smallest absolute Gasteiger partial charge is 0.244 e. The van der Waals surface area contributed by atoms with Crippen molar-refractivity contribution < 1.29 is 22.7 Å². The average Bonchev–Trinajstić information content (AvgIpc) is 2.77. The van der Waals surface area contributed by atoms with E-state index in [-0.39, 0.29) is 11.9 Å². The minimum atomic E-state index is -3.74. The monoisotopic (exact) mass is 460 g/mol. The zero-order valence-corrected chi connectivity index (χ0v) is 20.2. The number of hydrogen-bond donors (Lipinski definition) is 1. The second-order valence-corrected chi connectivity index (χ2v) is 10.1. The molecule has 1 aliphatic carbocycles. The Kier molecular flexibility index (Phi) is 7.33. The van der Waals surface area contributed by atoms with Crippen molar-refractivity contribution in [3.63, 3.8) is 0 Å². The summed E-state index contributed by atoms with van der Waals surface area (Å²) >= 11 is 0. The maximum Gasteiger partial charge on any atom is 0.244 e. The number of rotatable bonds is 8. The number of sulfonamides is 1. The Morgan fingerprint density at radius 1 is 0.969 bits per heavy atom. The highest BCUT2D eigenvalue weighted by molar-refractivity contribution is 7.92. The van der Waals surface area contributed by atoms with E-state index in [0.717, 1.165) is 29.0 Å². The van der Waals surface area contributed by atoms with Crippen molar-refractivity contribution in [2.45, 2.75) is 51.6 Å². The van der Waals surface area contributed by atoms with Crippen LogP contribution in [-0.4, -0.2) is 40.8 Å². The zero-order valence-electron chi connectivity index (χ0n) is 19.3. The van der Waals surface area contributed by atoms with Gasteiger partial charge < -0.3 is 14.8 Å². The fraction of sp³-hybridized carbons (Fsp3) is 0.458. The van der Waals surface area contributed by atoms with Crippen molar-refractivity contribution in [1.29, 1.82) is 0 Å². The Balaban J connectivity index is 1.82. The largest absolute Gasteiger partial charge is 0.493 e. The standard InChI is InChI=1S/C24H32N2O5S/c1-16(19-11-10-18-8-6-7-9-20(18)14-19)25-24(27)17(2)26(32(5,28)29)21-12-13-22(30-3)23(15-21)31-4/h10-17H,6-9H2,1-5H3,(H,25,27)/t16-,17-/m1/s1. The molecule has 0 saturated carbocycles. The van der Waals surface area contributed by atoms with Crippen LogP contribution in [-0.2, 0) is 27.7 Å². The first kappa shape index (κ1) is 23.9. The first-order chi connectivity index (χ1) is 15.2. The molecule has 0 aromatic heterocycles. The highest BCUT2D eigenvalue weighted by atomic mass is 32.2. The number of carbonyl (C=O) groups is 1. The van der Waals surface area contributed by atoms with E-state index in [1.54, 1.807) is 25.1 Å². The maximum absolute atomic E-state index is 13.1. The van der Waals surface area contributed by atoms with Crippen LogP contribution in [0.25, 0.3) is 0 Å². The number of carbonyl (C=O) groups excluding carboxylic acids is 1. The van der Waals surface area contributed by atoms with Crippen molar-refractivity contribution in [3.8, 4) is 11.5 Å². The molecule has 0 aliphatic heterocycles. The molecule has 1 N–H and O–H groups in total.